The molecular formula is C12H18O3S2. The Bertz CT molecular complexity index is 436. The Labute approximate surface area is 106 Å². The van der Waals surface area contributed by atoms with E-state index in [2.05, 4.69) is 0 Å². The molecule has 0 radical (unpaired) electrons. The van der Waals surface area contributed by atoms with Gasteiger partial charge in [-0.25, -0.2) is 8.42 Å². The molecule has 0 amide bonds. The van der Waals surface area contributed by atoms with Crippen molar-refractivity contribution in [3.05, 3.63) is 22.4 Å². The number of hydrogen-bond donors (Lipinski definition) is 1. The summed E-state index contributed by atoms with van der Waals surface area (Å²) < 4.78 is 23.7. The minimum Gasteiger partial charge on any atom is -0.392 e. The monoisotopic (exact) mass is 274 g/mol. The van der Waals surface area contributed by atoms with Gasteiger partial charge >= 0.3 is 0 Å². The lowest BCUT2D eigenvalue weighted by Crippen LogP contribution is -2.38. The second-order valence-corrected chi connectivity index (χ2v) is 7.96. The Balaban J connectivity index is 1.92. The van der Waals surface area contributed by atoms with Gasteiger partial charge in [-0.2, -0.15) is 0 Å². The summed E-state index contributed by atoms with van der Waals surface area (Å²) in [6.07, 6.45) is 2.89. The molecule has 2 atom stereocenters. The van der Waals surface area contributed by atoms with E-state index < -0.39 is 21.2 Å². The molecule has 0 saturated carbocycles. The summed E-state index contributed by atoms with van der Waals surface area (Å²) in [5.41, 5.74) is 0. The van der Waals surface area contributed by atoms with Crippen molar-refractivity contribution < 1.29 is 13.5 Å². The van der Waals surface area contributed by atoms with E-state index in [4.69, 9.17) is 0 Å². The third-order valence-electron chi connectivity index (χ3n) is 3.32. The maximum atomic E-state index is 11.8. The number of hydrogen-bond acceptors (Lipinski definition) is 4. The van der Waals surface area contributed by atoms with E-state index in [-0.39, 0.29) is 5.75 Å². The van der Waals surface area contributed by atoms with Crippen LogP contribution in [0, 0.1) is 0 Å². The van der Waals surface area contributed by atoms with Crippen LogP contribution < -0.4 is 0 Å². The van der Waals surface area contributed by atoms with Crippen LogP contribution in [0.1, 0.15) is 30.6 Å². The molecule has 17 heavy (non-hydrogen) atoms. The van der Waals surface area contributed by atoms with Gasteiger partial charge in [0, 0.05) is 4.88 Å². The minimum absolute atomic E-state index is 0.244. The molecule has 1 aromatic heterocycles. The van der Waals surface area contributed by atoms with E-state index in [1.165, 1.54) is 4.88 Å². The summed E-state index contributed by atoms with van der Waals surface area (Å²) in [5.74, 6) is 0.244. The Morgan fingerprint density at radius 2 is 2.29 bits per heavy atom. The van der Waals surface area contributed by atoms with E-state index in [0.717, 1.165) is 19.3 Å². The predicted molar refractivity (Wildman–Crippen MR) is 70.1 cm³/mol. The molecule has 0 spiro atoms. The fourth-order valence-corrected chi connectivity index (χ4v) is 5.12. The molecule has 1 aliphatic heterocycles. The summed E-state index contributed by atoms with van der Waals surface area (Å²) >= 11 is 1.65. The van der Waals surface area contributed by atoms with Crippen LogP contribution in [0.15, 0.2) is 17.5 Å². The Kier molecular flexibility index (Phi) is 4.22. The Hall–Kier alpha value is -0.390. The molecule has 0 aliphatic carbocycles. The topological polar surface area (TPSA) is 54.4 Å². The average Bonchev–Trinajstić information content (AvgIpc) is 2.78. The normalized spacial score (nSPS) is 25.6. The van der Waals surface area contributed by atoms with Crippen molar-refractivity contribution in [2.75, 3.05) is 5.75 Å². The standard InChI is InChI=1S/C12H18O3S2/c13-11(7-6-10-4-3-8-16-10)12-5-1-2-9-17(12,14)15/h3-4,8,11-13H,1-2,5-7,9H2. The largest absolute Gasteiger partial charge is 0.392 e. The third kappa shape index (κ3) is 3.30. The highest BCUT2D eigenvalue weighted by molar-refractivity contribution is 7.92. The first-order chi connectivity index (χ1) is 8.09. The van der Waals surface area contributed by atoms with Crippen molar-refractivity contribution in [3.8, 4) is 0 Å². The van der Waals surface area contributed by atoms with Gasteiger partial charge in [-0.3, -0.25) is 0 Å². The molecule has 0 bridgehead atoms. The highest BCUT2D eigenvalue weighted by atomic mass is 32.2. The van der Waals surface area contributed by atoms with Crippen molar-refractivity contribution in [1.82, 2.24) is 0 Å². The van der Waals surface area contributed by atoms with Gasteiger partial charge in [0.25, 0.3) is 0 Å². The van der Waals surface area contributed by atoms with Gasteiger partial charge in [-0.15, -0.1) is 11.3 Å². The molecule has 1 N–H and O–H groups in total. The number of aliphatic hydroxyl groups excluding tert-OH is 1. The third-order valence-corrected chi connectivity index (χ3v) is 6.59. The number of rotatable bonds is 4. The summed E-state index contributed by atoms with van der Waals surface area (Å²) in [5, 5.41) is 11.5. The van der Waals surface area contributed by atoms with E-state index in [1.807, 2.05) is 17.5 Å². The molecule has 0 aromatic carbocycles. The number of thiophene rings is 1. The molecule has 1 saturated heterocycles. The molecular weight excluding hydrogens is 256 g/mol. The SMILES string of the molecule is O=S1(=O)CCCCC1C(O)CCc1cccs1. The van der Waals surface area contributed by atoms with Gasteiger partial charge in [0.05, 0.1) is 17.1 Å². The molecule has 1 aliphatic rings. The number of aryl methyl sites for hydroxylation is 1. The van der Waals surface area contributed by atoms with Crippen LogP contribution in [-0.2, 0) is 16.3 Å². The van der Waals surface area contributed by atoms with E-state index in [9.17, 15) is 13.5 Å². The molecule has 2 rings (SSSR count). The summed E-state index contributed by atoms with van der Waals surface area (Å²) in [6, 6.07) is 4.00. The van der Waals surface area contributed by atoms with Crippen LogP contribution in [0.5, 0.6) is 0 Å². The van der Waals surface area contributed by atoms with Crippen LogP contribution in [0.4, 0.5) is 0 Å². The van der Waals surface area contributed by atoms with Crippen molar-refractivity contribution in [2.45, 2.75) is 43.5 Å². The Morgan fingerprint density at radius 3 is 2.94 bits per heavy atom. The van der Waals surface area contributed by atoms with Crippen LogP contribution in [0.2, 0.25) is 0 Å². The molecule has 3 nitrogen and oxygen atoms in total. The summed E-state index contributed by atoms with van der Waals surface area (Å²) in [7, 11) is -3.06. The van der Waals surface area contributed by atoms with Gasteiger partial charge in [0.15, 0.2) is 9.84 Å². The Morgan fingerprint density at radius 1 is 1.47 bits per heavy atom. The van der Waals surface area contributed by atoms with Gasteiger partial charge in [-0.05, 0) is 37.1 Å². The number of aliphatic hydroxyl groups is 1. The quantitative estimate of drug-likeness (QED) is 0.913. The predicted octanol–water partition coefficient (Wildman–Crippen LogP) is 2.01. The summed E-state index contributed by atoms with van der Waals surface area (Å²) in [4.78, 5) is 1.21. The minimum atomic E-state index is -3.06. The fourth-order valence-electron chi connectivity index (χ4n) is 2.34. The van der Waals surface area contributed by atoms with Gasteiger partial charge < -0.3 is 5.11 Å². The molecule has 5 heteroatoms. The van der Waals surface area contributed by atoms with Crippen LogP contribution >= 0.6 is 11.3 Å². The lowest BCUT2D eigenvalue weighted by molar-refractivity contribution is 0.152. The van der Waals surface area contributed by atoms with E-state index in [1.54, 1.807) is 11.3 Å². The lowest BCUT2D eigenvalue weighted by atomic mass is 10.0. The average molecular weight is 274 g/mol. The zero-order valence-corrected chi connectivity index (χ0v) is 11.3. The zero-order chi connectivity index (χ0) is 12.3. The summed E-state index contributed by atoms with van der Waals surface area (Å²) in [6.45, 7) is 0. The maximum Gasteiger partial charge on any atom is 0.155 e. The van der Waals surface area contributed by atoms with Gasteiger partial charge in [0.2, 0.25) is 0 Å². The molecule has 96 valence electrons. The first-order valence-corrected chi connectivity index (χ1v) is 8.61. The van der Waals surface area contributed by atoms with Crippen LogP contribution in [0.3, 0.4) is 0 Å². The van der Waals surface area contributed by atoms with Gasteiger partial charge in [-0.1, -0.05) is 12.5 Å². The molecule has 2 heterocycles. The van der Waals surface area contributed by atoms with E-state index >= 15 is 0 Å². The van der Waals surface area contributed by atoms with Crippen molar-refractivity contribution >= 4 is 21.2 Å². The van der Waals surface area contributed by atoms with Crippen LogP contribution in [0.25, 0.3) is 0 Å². The fraction of sp³-hybridized carbons (Fsp3) is 0.667. The van der Waals surface area contributed by atoms with Crippen molar-refractivity contribution in [3.63, 3.8) is 0 Å². The van der Waals surface area contributed by atoms with E-state index in [0.29, 0.717) is 12.8 Å². The molecule has 2 unspecified atom stereocenters. The first kappa shape index (κ1) is 13.1. The smallest absolute Gasteiger partial charge is 0.155 e. The second kappa shape index (κ2) is 5.50. The zero-order valence-electron chi connectivity index (χ0n) is 9.71. The molecule has 1 aromatic rings. The maximum absolute atomic E-state index is 11.8. The molecule has 1 fully saturated rings. The highest BCUT2D eigenvalue weighted by Crippen LogP contribution is 2.25. The van der Waals surface area contributed by atoms with Crippen molar-refractivity contribution in [1.29, 1.82) is 0 Å². The second-order valence-electron chi connectivity index (χ2n) is 4.59. The first-order valence-electron chi connectivity index (χ1n) is 6.01. The van der Waals surface area contributed by atoms with Crippen LogP contribution in [-0.4, -0.2) is 30.6 Å². The van der Waals surface area contributed by atoms with Crippen molar-refractivity contribution in [2.24, 2.45) is 0 Å². The lowest BCUT2D eigenvalue weighted by Gasteiger charge is -2.26. The highest BCUT2D eigenvalue weighted by Gasteiger charge is 2.34. The number of sulfone groups is 1. The van der Waals surface area contributed by atoms with Gasteiger partial charge in [0.1, 0.15) is 0 Å².